The molecule has 25 heavy (non-hydrogen) atoms. The van der Waals surface area contributed by atoms with Gasteiger partial charge in [-0.2, -0.15) is 0 Å². The van der Waals surface area contributed by atoms with E-state index in [9.17, 15) is 4.79 Å². The number of nitrogen functional groups attached to an aromatic ring is 2. The van der Waals surface area contributed by atoms with Crippen LogP contribution in [0.4, 0.5) is 11.4 Å². The average molecular weight is 335 g/mol. The van der Waals surface area contributed by atoms with Gasteiger partial charge in [0.15, 0.2) is 5.78 Å². The van der Waals surface area contributed by atoms with E-state index in [1.165, 1.54) is 0 Å². The number of H-pyrrole nitrogens is 1. The summed E-state index contributed by atoms with van der Waals surface area (Å²) in [6.45, 7) is 2.06. The summed E-state index contributed by atoms with van der Waals surface area (Å²) in [7, 11) is 0. The molecule has 5 nitrogen and oxygen atoms in total. The van der Waals surface area contributed by atoms with E-state index in [1.807, 2.05) is 18.3 Å². The third-order valence-electron chi connectivity index (χ3n) is 4.08. The maximum Gasteiger partial charge on any atom is 0.193 e. The van der Waals surface area contributed by atoms with E-state index in [0.717, 1.165) is 17.9 Å². The lowest BCUT2D eigenvalue weighted by molar-refractivity contribution is 0.103. The molecule has 5 heteroatoms. The molecule has 0 saturated heterocycles. The molecule has 1 aromatic heterocycles. The molecule has 0 bridgehead atoms. The molecule has 0 fully saturated rings. The smallest absolute Gasteiger partial charge is 0.193 e. The van der Waals surface area contributed by atoms with Crippen molar-refractivity contribution < 1.29 is 9.53 Å². The minimum absolute atomic E-state index is 0.0477. The minimum atomic E-state index is -0.102. The lowest BCUT2D eigenvalue weighted by Gasteiger charge is -2.16. The Balaban J connectivity index is 1.75. The number of anilines is 2. The molecule has 128 valence electrons. The Labute approximate surface area is 146 Å². The number of hydrogen-bond donors (Lipinski definition) is 3. The molecule has 0 saturated carbocycles. The van der Waals surface area contributed by atoms with Crippen molar-refractivity contribution in [3.63, 3.8) is 0 Å². The van der Waals surface area contributed by atoms with E-state index in [2.05, 4.69) is 11.9 Å². The number of rotatable bonds is 6. The summed E-state index contributed by atoms with van der Waals surface area (Å²) in [5, 5.41) is 0. The van der Waals surface area contributed by atoms with Crippen LogP contribution in [0.2, 0.25) is 0 Å². The molecule has 1 unspecified atom stereocenters. The standard InChI is InChI=1S/C20H21N3O2/c1-2-19(18-4-3-11-23-18)25-15-8-5-13(6-9-15)20(24)14-7-10-16(21)17(22)12-14/h3-12,19,23H,2,21-22H2,1H3. The molecule has 0 aliphatic rings. The number of aromatic nitrogens is 1. The zero-order chi connectivity index (χ0) is 17.8. The molecule has 1 atom stereocenters. The van der Waals surface area contributed by atoms with Gasteiger partial charge in [-0.25, -0.2) is 0 Å². The number of ketones is 1. The predicted octanol–water partition coefficient (Wildman–Crippen LogP) is 3.94. The quantitative estimate of drug-likeness (QED) is 0.470. The van der Waals surface area contributed by atoms with Crippen LogP contribution in [0.1, 0.15) is 41.1 Å². The van der Waals surface area contributed by atoms with Gasteiger partial charge in [0.05, 0.1) is 17.1 Å². The van der Waals surface area contributed by atoms with Crippen molar-refractivity contribution >= 4 is 17.2 Å². The first-order chi connectivity index (χ1) is 12.1. The van der Waals surface area contributed by atoms with Gasteiger partial charge < -0.3 is 21.2 Å². The maximum absolute atomic E-state index is 12.5. The largest absolute Gasteiger partial charge is 0.484 e. The second-order valence-corrected chi connectivity index (χ2v) is 5.84. The topological polar surface area (TPSA) is 94.1 Å². The molecule has 2 aromatic carbocycles. The highest BCUT2D eigenvalue weighted by Crippen LogP contribution is 2.25. The summed E-state index contributed by atoms with van der Waals surface area (Å²) in [5.74, 6) is 0.615. The van der Waals surface area contributed by atoms with Crippen molar-refractivity contribution in [1.29, 1.82) is 0 Å². The van der Waals surface area contributed by atoms with Gasteiger partial charge in [0, 0.05) is 17.3 Å². The predicted molar refractivity (Wildman–Crippen MR) is 99.6 cm³/mol. The van der Waals surface area contributed by atoms with E-state index in [4.69, 9.17) is 16.2 Å². The minimum Gasteiger partial charge on any atom is -0.484 e. The molecule has 3 aromatic rings. The first kappa shape index (κ1) is 16.6. The summed E-state index contributed by atoms with van der Waals surface area (Å²) in [5.41, 5.74) is 14.5. The molecular formula is C20H21N3O2. The molecule has 0 aliphatic carbocycles. The fourth-order valence-corrected chi connectivity index (χ4v) is 2.64. The highest BCUT2D eigenvalue weighted by molar-refractivity contribution is 6.09. The number of nitrogens with one attached hydrogen (secondary N) is 1. The lowest BCUT2D eigenvalue weighted by atomic mass is 10.0. The van der Waals surface area contributed by atoms with Crippen molar-refractivity contribution in [3.8, 4) is 5.75 Å². The number of nitrogens with two attached hydrogens (primary N) is 2. The molecule has 5 N–H and O–H groups in total. The molecule has 3 rings (SSSR count). The Bertz CT molecular complexity index is 855. The fourth-order valence-electron chi connectivity index (χ4n) is 2.64. The van der Waals surface area contributed by atoms with Crippen LogP contribution in [0.25, 0.3) is 0 Å². The van der Waals surface area contributed by atoms with Crippen LogP contribution in [0, 0.1) is 0 Å². The number of aromatic amines is 1. The number of ether oxygens (including phenoxy) is 1. The Hall–Kier alpha value is -3.21. The average Bonchev–Trinajstić information content (AvgIpc) is 3.16. The molecule has 0 radical (unpaired) electrons. The number of carbonyl (C=O) groups is 1. The Morgan fingerprint density at radius 3 is 2.36 bits per heavy atom. The van der Waals surface area contributed by atoms with Crippen LogP contribution < -0.4 is 16.2 Å². The van der Waals surface area contributed by atoms with Gasteiger partial charge in [0.2, 0.25) is 0 Å². The van der Waals surface area contributed by atoms with Gasteiger partial charge in [-0.15, -0.1) is 0 Å². The molecule has 0 amide bonds. The summed E-state index contributed by atoms with van der Waals surface area (Å²) < 4.78 is 6.00. The van der Waals surface area contributed by atoms with Crippen molar-refractivity contribution in [3.05, 3.63) is 77.6 Å². The van der Waals surface area contributed by atoms with Gasteiger partial charge in [0.25, 0.3) is 0 Å². The summed E-state index contributed by atoms with van der Waals surface area (Å²) in [6, 6.07) is 16.0. The molecule has 0 aliphatic heterocycles. The fraction of sp³-hybridized carbons (Fsp3) is 0.150. The summed E-state index contributed by atoms with van der Waals surface area (Å²) >= 11 is 0. The van der Waals surface area contributed by atoms with Gasteiger partial charge in [-0.1, -0.05) is 6.92 Å². The second kappa shape index (κ2) is 7.13. The van der Waals surface area contributed by atoms with Crippen molar-refractivity contribution in [2.24, 2.45) is 0 Å². The van der Waals surface area contributed by atoms with Crippen LogP contribution in [0.5, 0.6) is 5.75 Å². The lowest BCUT2D eigenvalue weighted by Crippen LogP contribution is -2.07. The zero-order valence-electron chi connectivity index (χ0n) is 14.0. The van der Waals surface area contributed by atoms with Gasteiger partial charge >= 0.3 is 0 Å². The van der Waals surface area contributed by atoms with E-state index < -0.39 is 0 Å². The van der Waals surface area contributed by atoms with E-state index in [0.29, 0.717) is 22.5 Å². The van der Waals surface area contributed by atoms with Crippen molar-refractivity contribution in [2.75, 3.05) is 11.5 Å². The van der Waals surface area contributed by atoms with E-state index >= 15 is 0 Å². The van der Waals surface area contributed by atoms with Crippen LogP contribution >= 0.6 is 0 Å². The summed E-state index contributed by atoms with van der Waals surface area (Å²) in [6.07, 6.45) is 2.67. The normalized spacial score (nSPS) is 11.9. The van der Waals surface area contributed by atoms with Crippen molar-refractivity contribution in [1.82, 2.24) is 4.98 Å². The third kappa shape index (κ3) is 3.66. The van der Waals surface area contributed by atoms with E-state index in [1.54, 1.807) is 42.5 Å². The van der Waals surface area contributed by atoms with Crippen molar-refractivity contribution in [2.45, 2.75) is 19.4 Å². The Kier molecular flexibility index (Phi) is 4.75. The first-order valence-electron chi connectivity index (χ1n) is 8.18. The highest BCUT2D eigenvalue weighted by atomic mass is 16.5. The molecular weight excluding hydrogens is 314 g/mol. The SMILES string of the molecule is CCC(Oc1ccc(C(=O)c2ccc(N)c(N)c2)cc1)c1ccc[nH]1. The monoisotopic (exact) mass is 335 g/mol. The van der Waals surface area contributed by atoms with Crippen LogP contribution in [0.15, 0.2) is 60.8 Å². The molecule has 0 spiro atoms. The molecule has 1 heterocycles. The van der Waals surface area contributed by atoms with Crippen LogP contribution in [0.3, 0.4) is 0 Å². The van der Waals surface area contributed by atoms with E-state index in [-0.39, 0.29) is 11.9 Å². The maximum atomic E-state index is 12.5. The van der Waals surface area contributed by atoms with Gasteiger partial charge in [-0.05, 0) is 61.0 Å². The summed E-state index contributed by atoms with van der Waals surface area (Å²) in [4.78, 5) is 15.7. The number of benzene rings is 2. The number of carbonyl (C=O) groups excluding carboxylic acids is 1. The van der Waals surface area contributed by atoms with Gasteiger partial charge in [0.1, 0.15) is 11.9 Å². The second-order valence-electron chi connectivity index (χ2n) is 5.84. The van der Waals surface area contributed by atoms with Crippen LogP contribution in [-0.4, -0.2) is 10.8 Å². The highest BCUT2D eigenvalue weighted by Gasteiger charge is 2.14. The Morgan fingerprint density at radius 1 is 1.04 bits per heavy atom. The Morgan fingerprint density at radius 2 is 1.76 bits per heavy atom. The zero-order valence-corrected chi connectivity index (χ0v) is 14.0. The number of hydrogen-bond acceptors (Lipinski definition) is 4. The van der Waals surface area contributed by atoms with Gasteiger partial charge in [-0.3, -0.25) is 4.79 Å². The first-order valence-corrected chi connectivity index (χ1v) is 8.18. The third-order valence-corrected chi connectivity index (χ3v) is 4.08. The van der Waals surface area contributed by atoms with Crippen LogP contribution in [-0.2, 0) is 0 Å².